The predicted molar refractivity (Wildman–Crippen MR) is 110 cm³/mol. The molecule has 0 radical (unpaired) electrons. The monoisotopic (exact) mass is 460 g/mol. The molecule has 2 aliphatic heterocycles. The molecule has 30 heavy (non-hydrogen) atoms. The van der Waals surface area contributed by atoms with Crippen LogP contribution >= 0.6 is 15.9 Å². The zero-order valence-corrected chi connectivity index (χ0v) is 17.7. The topological polar surface area (TPSA) is 114 Å². The van der Waals surface area contributed by atoms with Gasteiger partial charge in [0, 0.05) is 10.0 Å². The van der Waals surface area contributed by atoms with Crippen molar-refractivity contribution >= 4 is 21.8 Å². The first-order valence-electron chi connectivity index (χ1n) is 9.47. The largest absolute Gasteiger partial charge is 0.443 e. The van der Waals surface area contributed by atoms with Crippen LogP contribution in [0.4, 0.5) is 0 Å². The minimum atomic E-state index is -1.97. The van der Waals surface area contributed by atoms with Gasteiger partial charge in [-0.25, -0.2) is 0 Å². The van der Waals surface area contributed by atoms with E-state index >= 15 is 0 Å². The Morgan fingerprint density at radius 2 is 1.63 bits per heavy atom. The van der Waals surface area contributed by atoms with Crippen LogP contribution in [0.25, 0.3) is 0 Å². The van der Waals surface area contributed by atoms with E-state index in [1.807, 2.05) is 43.3 Å². The minimum absolute atomic E-state index is 0.374. The number of hydrogen-bond acceptors (Lipinski definition) is 6. The van der Waals surface area contributed by atoms with Gasteiger partial charge in [0.15, 0.2) is 5.41 Å². The highest BCUT2D eigenvalue weighted by Crippen LogP contribution is 2.70. The van der Waals surface area contributed by atoms with Crippen molar-refractivity contribution in [3.63, 3.8) is 0 Å². The summed E-state index contributed by atoms with van der Waals surface area (Å²) in [7, 11) is 0. The number of halogens is 1. The third-order valence-corrected chi connectivity index (χ3v) is 6.92. The summed E-state index contributed by atoms with van der Waals surface area (Å²) < 4.78 is 13.2. The summed E-state index contributed by atoms with van der Waals surface area (Å²) in [5, 5.41) is 39.6. The Kier molecular flexibility index (Phi) is 4.66. The Morgan fingerprint density at radius 1 is 1.00 bits per heavy atom. The maximum absolute atomic E-state index is 10.4. The van der Waals surface area contributed by atoms with Crippen LogP contribution in [0.15, 0.2) is 59.1 Å². The molecule has 7 heteroatoms. The van der Waals surface area contributed by atoms with Crippen LogP contribution in [0.2, 0.25) is 0 Å². The van der Waals surface area contributed by atoms with Crippen molar-refractivity contribution in [2.75, 3.05) is 0 Å². The molecule has 0 spiro atoms. The fourth-order valence-corrected chi connectivity index (χ4v) is 5.36. The SMILES string of the molecule is CCC1C2(c3ccccc3)OC(=N)C1(C#N)C(C#N)(C#N)C(c1ccccc1Br)O2. The van der Waals surface area contributed by atoms with Gasteiger partial charge in [-0.1, -0.05) is 71.4 Å². The Morgan fingerprint density at radius 3 is 2.20 bits per heavy atom. The summed E-state index contributed by atoms with van der Waals surface area (Å²) in [6.07, 6.45) is -0.743. The lowest BCUT2D eigenvalue weighted by Crippen LogP contribution is -2.58. The van der Waals surface area contributed by atoms with Gasteiger partial charge in [-0.3, -0.25) is 5.41 Å². The van der Waals surface area contributed by atoms with Crippen molar-refractivity contribution in [3.05, 3.63) is 70.2 Å². The van der Waals surface area contributed by atoms with Crippen LogP contribution in [0.3, 0.4) is 0 Å². The Hall–Kier alpha value is -3.18. The maximum atomic E-state index is 10.4. The molecule has 2 aliphatic rings. The number of nitrogens with zero attached hydrogens (tertiary/aromatic N) is 3. The van der Waals surface area contributed by atoms with E-state index in [2.05, 4.69) is 34.1 Å². The van der Waals surface area contributed by atoms with Gasteiger partial charge in [-0.2, -0.15) is 15.8 Å². The van der Waals surface area contributed by atoms with Crippen molar-refractivity contribution in [3.8, 4) is 18.2 Å². The molecule has 1 N–H and O–H groups in total. The zero-order chi connectivity index (χ0) is 21.6. The van der Waals surface area contributed by atoms with E-state index in [-0.39, 0.29) is 0 Å². The molecule has 4 unspecified atom stereocenters. The van der Waals surface area contributed by atoms with Crippen molar-refractivity contribution in [2.24, 2.45) is 16.7 Å². The van der Waals surface area contributed by atoms with Crippen LogP contribution < -0.4 is 0 Å². The van der Waals surface area contributed by atoms with Gasteiger partial charge >= 0.3 is 0 Å². The summed E-state index contributed by atoms with van der Waals surface area (Å²) in [4.78, 5) is 0. The first-order valence-corrected chi connectivity index (χ1v) is 10.3. The predicted octanol–water partition coefficient (Wildman–Crippen LogP) is 4.95. The highest BCUT2D eigenvalue weighted by molar-refractivity contribution is 9.10. The molecule has 6 nitrogen and oxygen atoms in total. The zero-order valence-electron chi connectivity index (χ0n) is 16.1. The number of nitriles is 3. The molecule has 4 rings (SSSR count). The van der Waals surface area contributed by atoms with E-state index in [0.717, 1.165) is 0 Å². The molecule has 2 aromatic carbocycles. The molecular formula is C23H17BrN4O2. The van der Waals surface area contributed by atoms with Crippen molar-refractivity contribution in [1.29, 1.82) is 21.2 Å². The molecule has 2 saturated heterocycles. The van der Waals surface area contributed by atoms with Crippen LogP contribution in [-0.4, -0.2) is 5.90 Å². The Labute approximate surface area is 182 Å². The summed E-state index contributed by atoms with van der Waals surface area (Å²) in [6.45, 7) is 1.85. The number of hydrogen-bond donors (Lipinski definition) is 1. The second kappa shape index (κ2) is 6.96. The average Bonchev–Trinajstić information content (AvgIpc) is 2.99. The second-order valence-electron chi connectivity index (χ2n) is 7.40. The second-order valence-corrected chi connectivity index (χ2v) is 8.25. The highest BCUT2D eigenvalue weighted by atomic mass is 79.9. The van der Waals surface area contributed by atoms with Crippen molar-refractivity contribution in [2.45, 2.75) is 25.2 Å². The van der Waals surface area contributed by atoms with Crippen LogP contribution in [0, 0.1) is 56.2 Å². The molecule has 0 aliphatic carbocycles. The van der Waals surface area contributed by atoms with E-state index in [4.69, 9.17) is 14.9 Å². The number of nitrogens with one attached hydrogen (secondary N) is 1. The average molecular weight is 461 g/mol. The lowest BCUT2D eigenvalue weighted by Gasteiger charge is -2.49. The normalized spacial score (nSPS) is 31.1. The number of benzene rings is 2. The van der Waals surface area contributed by atoms with Gasteiger partial charge in [-0.15, -0.1) is 0 Å². The van der Waals surface area contributed by atoms with E-state index in [0.29, 0.717) is 22.0 Å². The van der Waals surface area contributed by atoms with Crippen molar-refractivity contribution < 1.29 is 9.47 Å². The molecule has 2 aromatic rings. The first kappa shape index (κ1) is 20.1. The third-order valence-electron chi connectivity index (χ3n) is 6.20. The smallest absolute Gasteiger partial charge is 0.244 e. The first-order chi connectivity index (χ1) is 14.5. The van der Waals surface area contributed by atoms with Gasteiger partial charge in [-0.05, 0) is 18.1 Å². The number of rotatable bonds is 3. The lowest BCUT2D eigenvalue weighted by molar-refractivity contribution is -0.293. The van der Waals surface area contributed by atoms with E-state index in [1.165, 1.54) is 0 Å². The van der Waals surface area contributed by atoms with Gasteiger partial charge in [0.25, 0.3) is 0 Å². The lowest BCUT2D eigenvalue weighted by atomic mass is 9.52. The minimum Gasteiger partial charge on any atom is -0.443 e. The van der Waals surface area contributed by atoms with Gasteiger partial charge in [0.2, 0.25) is 17.1 Å². The van der Waals surface area contributed by atoms with Gasteiger partial charge < -0.3 is 9.47 Å². The Balaban J connectivity index is 2.10. The van der Waals surface area contributed by atoms with Crippen LogP contribution in [0.1, 0.15) is 30.6 Å². The molecule has 148 valence electrons. The standard InChI is InChI=1S/C23H17BrN4O2/c1-2-18-22(14-27)20(28)30-23(18,15-8-4-3-5-9-15)29-19(21(22,12-25)13-26)16-10-6-7-11-17(16)24/h3-11,18-19,28H,2H2,1H3. The molecule has 2 heterocycles. The third kappa shape index (κ3) is 2.21. The molecule has 2 fully saturated rings. The van der Waals surface area contributed by atoms with Gasteiger partial charge in [0.05, 0.1) is 24.1 Å². The highest BCUT2D eigenvalue weighted by Gasteiger charge is 2.80. The van der Waals surface area contributed by atoms with Crippen molar-refractivity contribution in [1.82, 2.24) is 0 Å². The van der Waals surface area contributed by atoms with Crippen LogP contribution in [0.5, 0.6) is 0 Å². The van der Waals surface area contributed by atoms with E-state index in [1.54, 1.807) is 18.2 Å². The number of fused-ring (bicyclic) bond motifs is 2. The molecule has 0 aromatic heterocycles. The molecule has 0 amide bonds. The van der Waals surface area contributed by atoms with Crippen LogP contribution in [-0.2, 0) is 15.3 Å². The van der Waals surface area contributed by atoms with E-state index < -0.39 is 34.5 Å². The summed E-state index contributed by atoms with van der Waals surface area (Å²) in [6, 6.07) is 22.6. The maximum Gasteiger partial charge on any atom is 0.244 e. The van der Waals surface area contributed by atoms with E-state index in [9.17, 15) is 15.8 Å². The summed E-state index contributed by atoms with van der Waals surface area (Å²) >= 11 is 3.49. The molecule has 0 saturated carbocycles. The Bertz CT molecular complexity index is 1130. The van der Waals surface area contributed by atoms with Gasteiger partial charge in [0.1, 0.15) is 6.10 Å². The molecule has 2 bridgehead atoms. The quantitative estimate of drug-likeness (QED) is 0.695. The summed E-state index contributed by atoms with van der Waals surface area (Å²) in [5.74, 6) is -2.58. The fourth-order valence-electron chi connectivity index (χ4n) is 4.87. The fraction of sp³-hybridized carbons (Fsp3) is 0.304. The summed E-state index contributed by atoms with van der Waals surface area (Å²) in [5.41, 5.74) is -2.58. The molecule has 4 atom stereocenters. The number of ether oxygens (including phenoxy) is 2. The molecular weight excluding hydrogens is 444 g/mol.